The molecule has 23 heavy (non-hydrogen) atoms. The van der Waals surface area contributed by atoms with E-state index >= 15 is 0 Å². The Kier molecular flexibility index (Phi) is 5.29. The number of amides is 2. The number of rotatable bonds is 4. The van der Waals surface area contributed by atoms with Crippen LogP contribution in [-0.4, -0.2) is 36.3 Å². The molecule has 1 aromatic carbocycles. The molecule has 0 spiro atoms. The number of para-hydroxylation sites is 1. The van der Waals surface area contributed by atoms with Gasteiger partial charge >= 0.3 is 0 Å². The second-order valence-corrected chi connectivity index (χ2v) is 7.21. The van der Waals surface area contributed by atoms with Crippen molar-refractivity contribution < 1.29 is 9.59 Å². The maximum Gasteiger partial charge on any atom is 0.241 e. The summed E-state index contributed by atoms with van der Waals surface area (Å²) in [6.07, 6.45) is 1.33. The summed E-state index contributed by atoms with van der Waals surface area (Å²) in [5.41, 5.74) is 7.54. The number of primary amides is 1. The molecule has 2 rings (SSSR count). The van der Waals surface area contributed by atoms with Gasteiger partial charge in [-0.25, -0.2) is 0 Å². The molecule has 0 unspecified atom stereocenters. The summed E-state index contributed by atoms with van der Waals surface area (Å²) < 4.78 is 0. The van der Waals surface area contributed by atoms with Crippen molar-refractivity contribution in [3.05, 3.63) is 29.8 Å². The SMILES string of the molecule is CC(C)(C)c1ccccc1NCC(=O)N1CCC(C(N)=O)CC1. The van der Waals surface area contributed by atoms with E-state index in [-0.39, 0.29) is 29.7 Å². The van der Waals surface area contributed by atoms with Crippen LogP contribution in [0.5, 0.6) is 0 Å². The van der Waals surface area contributed by atoms with Crippen LogP contribution in [0.25, 0.3) is 0 Å². The van der Waals surface area contributed by atoms with E-state index in [1.165, 1.54) is 5.56 Å². The quantitative estimate of drug-likeness (QED) is 0.893. The molecule has 1 aliphatic rings. The van der Waals surface area contributed by atoms with Crippen LogP contribution < -0.4 is 11.1 Å². The van der Waals surface area contributed by atoms with Gasteiger partial charge in [0.05, 0.1) is 6.54 Å². The normalized spacial score (nSPS) is 16.2. The van der Waals surface area contributed by atoms with Crippen molar-refractivity contribution in [1.82, 2.24) is 4.90 Å². The Morgan fingerprint density at radius 1 is 1.22 bits per heavy atom. The number of benzene rings is 1. The highest BCUT2D eigenvalue weighted by Gasteiger charge is 2.26. The number of nitrogens with zero attached hydrogens (tertiary/aromatic N) is 1. The number of carbonyl (C=O) groups is 2. The lowest BCUT2D eigenvalue weighted by Crippen LogP contribution is -2.43. The Morgan fingerprint density at radius 3 is 2.39 bits per heavy atom. The molecular formula is C18H27N3O2. The molecule has 126 valence electrons. The lowest BCUT2D eigenvalue weighted by atomic mass is 9.86. The highest BCUT2D eigenvalue weighted by Crippen LogP contribution is 2.29. The zero-order valence-electron chi connectivity index (χ0n) is 14.3. The van der Waals surface area contributed by atoms with Crippen LogP contribution in [0.4, 0.5) is 5.69 Å². The van der Waals surface area contributed by atoms with Gasteiger partial charge in [0, 0.05) is 24.7 Å². The Labute approximate surface area is 138 Å². The lowest BCUT2D eigenvalue weighted by molar-refractivity contribution is -0.133. The molecule has 1 aromatic rings. The first-order chi connectivity index (χ1) is 10.8. The third-order valence-corrected chi connectivity index (χ3v) is 4.42. The van der Waals surface area contributed by atoms with Crippen LogP contribution in [0.2, 0.25) is 0 Å². The minimum absolute atomic E-state index is 0.0203. The van der Waals surface area contributed by atoms with Gasteiger partial charge in [-0.05, 0) is 29.9 Å². The Hall–Kier alpha value is -2.04. The maximum atomic E-state index is 12.4. The fourth-order valence-corrected chi connectivity index (χ4v) is 2.99. The van der Waals surface area contributed by atoms with E-state index in [4.69, 9.17) is 5.73 Å². The monoisotopic (exact) mass is 317 g/mol. The average Bonchev–Trinajstić information content (AvgIpc) is 2.52. The maximum absolute atomic E-state index is 12.4. The minimum atomic E-state index is -0.255. The molecule has 0 aromatic heterocycles. The summed E-state index contributed by atoms with van der Waals surface area (Å²) in [5, 5.41) is 3.27. The van der Waals surface area contributed by atoms with E-state index in [2.05, 4.69) is 32.2 Å². The van der Waals surface area contributed by atoms with Gasteiger partial charge in [-0.2, -0.15) is 0 Å². The molecular weight excluding hydrogens is 290 g/mol. The van der Waals surface area contributed by atoms with Gasteiger partial charge in [0.25, 0.3) is 0 Å². The van der Waals surface area contributed by atoms with Gasteiger partial charge < -0.3 is 16.0 Å². The Balaban J connectivity index is 1.92. The molecule has 1 saturated heterocycles. The van der Waals surface area contributed by atoms with Crippen LogP contribution in [0.3, 0.4) is 0 Å². The first-order valence-corrected chi connectivity index (χ1v) is 8.19. The highest BCUT2D eigenvalue weighted by atomic mass is 16.2. The number of hydrogen-bond acceptors (Lipinski definition) is 3. The number of piperidine rings is 1. The third-order valence-electron chi connectivity index (χ3n) is 4.42. The first-order valence-electron chi connectivity index (χ1n) is 8.19. The fourth-order valence-electron chi connectivity index (χ4n) is 2.99. The van der Waals surface area contributed by atoms with Crippen molar-refractivity contribution in [3.8, 4) is 0 Å². The molecule has 0 aliphatic carbocycles. The number of carbonyl (C=O) groups excluding carboxylic acids is 2. The summed E-state index contributed by atoms with van der Waals surface area (Å²) in [5.74, 6) is -0.278. The summed E-state index contributed by atoms with van der Waals surface area (Å²) >= 11 is 0. The first kappa shape index (κ1) is 17.3. The van der Waals surface area contributed by atoms with Crippen LogP contribution in [0.15, 0.2) is 24.3 Å². The second kappa shape index (κ2) is 7.02. The van der Waals surface area contributed by atoms with Crippen molar-refractivity contribution >= 4 is 17.5 Å². The van der Waals surface area contributed by atoms with Gasteiger partial charge in [-0.15, -0.1) is 0 Å². The topological polar surface area (TPSA) is 75.4 Å². The molecule has 5 heteroatoms. The highest BCUT2D eigenvalue weighted by molar-refractivity contribution is 5.82. The molecule has 0 radical (unpaired) electrons. The summed E-state index contributed by atoms with van der Waals surface area (Å²) in [4.78, 5) is 25.3. The van der Waals surface area contributed by atoms with E-state index in [9.17, 15) is 9.59 Å². The summed E-state index contributed by atoms with van der Waals surface area (Å²) in [6.45, 7) is 7.95. The van der Waals surface area contributed by atoms with Gasteiger partial charge in [0.2, 0.25) is 11.8 Å². The fraction of sp³-hybridized carbons (Fsp3) is 0.556. The van der Waals surface area contributed by atoms with Crippen LogP contribution in [0, 0.1) is 5.92 Å². The van der Waals surface area contributed by atoms with E-state index in [1.807, 2.05) is 23.1 Å². The van der Waals surface area contributed by atoms with E-state index in [0.29, 0.717) is 25.9 Å². The van der Waals surface area contributed by atoms with Crippen molar-refractivity contribution in [1.29, 1.82) is 0 Å². The van der Waals surface area contributed by atoms with Gasteiger partial charge in [0.1, 0.15) is 0 Å². The second-order valence-electron chi connectivity index (χ2n) is 7.21. The molecule has 2 amide bonds. The van der Waals surface area contributed by atoms with Crippen molar-refractivity contribution in [2.45, 2.75) is 39.0 Å². The molecule has 0 atom stereocenters. The van der Waals surface area contributed by atoms with Gasteiger partial charge in [0.15, 0.2) is 0 Å². The molecule has 0 bridgehead atoms. The number of nitrogens with one attached hydrogen (secondary N) is 1. The largest absolute Gasteiger partial charge is 0.376 e. The van der Waals surface area contributed by atoms with E-state index in [1.54, 1.807) is 0 Å². The van der Waals surface area contributed by atoms with Crippen molar-refractivity contribution in [2.75, 3.05) is 25.0 Å². The zero-order chi connectivity index (χ0) is 17.0. The third kappa shape index (κ3) is 4.47. The molecule has 1 fully saturated rings. The molecule has 1 heterocycles. The predicted octanol–water partition coefficient (Wildman–Crippen LogP) is 2.12. The Morgan fingerprint density at radius 2 is 1.83 bits per heavy atom. The van der Waals surface area contributed by atoms with Crippen LogP contribution >= 0.6 is 0 Å². The molecule has 5 nitrogen and oxygen atoms in total. The molecule has 3 N–H and O–H groups in total. The van der Waals surface area contributed by atoms with Gasteiger partial charge in [-0.1, -0.05) is 39.0 Å². The Bertz CT molecular complexity index is 570. The number of anilines is 1. The van der Waals surface area contributed by atoms with E-state index in [0.717, 1.165) is 5.69 Å². The van der Waals surface area contributed by atoms with E-state index < -0.39 is 0 Å². The van der Waals surface area contributed by atoms with Crippen LogP contribution in [-0.2, 0) is 15.0 Å². The van der Waals surface area contributed by atoms with Crippen LogP contribution in [0.1, 0.15) is 39.2 Å². The average molecular weight is 317 g/mol. The van der Waals surface area contributed by atoms with Crippen molar-refractivity contribution in [3.63, 3.8) is 0 Å². The zero-order valence-corrected chi connectivity index (χ0v) is 14.3. The number of hydrogen-bond donors (Lipinski definition) is 2. The predicted molar refractivity (Wildman–Crippen MR) is 92.1 cm³/mol. The summed E-state index contributed by atoms with van der Waals surface area (Å²) in [7, 11) is 0. The summed E-state index contributed by atoms with van der Waals surface area (Å²) in [6, 6.07) is 8.08. The lowest BCUT2D eigenvalue weighted by Gasteiger charge is -2.31. The van der Waals surface area contributed by atoms with Gasteiger partial charge in [-0.3, -0.25) is 9.59 Å². The standard InChI is InChI=1S/C18H27N3O2/c1-18(2,3)14-6-4-5-7-15(14)20-12-16(22)21-10-8-13(9-11-21)17(19)23/h4-7,13,20H,8-12H2,1-3H3,(H2,19,23). The molecule has 1 aliphatic heterocycles. The minimum Gasteiger partial charge on any atom is -0.376 e. The smallest absolute Gasteiger partial charge is 0.241 e. The van der Waals surface area contributed by atoms with Crippen molar-refractivity contribution in [2.24, 2.45) is 11.7 Å². The number of likely N-dealkylation sites (tertiary alicyclic amines) is 1. The number of nitrogens with two attached hydrogens (primary N) is 1. The molecule has 0 saturated carbocycles.